The molecule has 0 fully saturated rings. The number of carbonyl (C=O) groups excluding carboxylic acids is 2. The lowest BCUT2D eigenvalue weighted by Crippen LogP contribution is -2.36. The Labute approximate surface area is 156 Å². The average molecular weight is 397 g/mol. The van der Waals surface area contributed by atoms with Gasteiger partial charge in [-0.3, -0.25) is 9.10 Å². The second-order valence-corrected chi connectivity index (χ2v) is 8.28. The van der Waals surface area contributed by atoms with Crippen LogP contribution in [0.25, 0.3) is 0 Å². The number of ether oxygens (including phenoxy) is 2. The summed E-state index contributed by atoms with van der Waals surface area (Å²) in [5.41, 5.74) is 1.00. The third-order valence-corrected chi connectivity index (χ3v) is 6.66. The molecule has 2 aromatic rings. The van der Waals surface area contributed by atoms with Gasteiger partial charge in [-0.05, 0) is 43.0 Å². The fourth-order valence-corrected chi connectivity index (χ4v) is 4.79. The topological polar surface area (TPSA) is 90.0 Å². The molecule has 0 saturated heterocycles. The number of hydrogen-bond donors (Lipinski definition) is 0. The summed E-state index contributed by atoms with van der Waals surface area (Å²) in [5.74, 6) is -1.29. The Morgan fingerprint density at radius 3 is 2.54 bits per heavy atom. The first-order valence-corrected chi connectivity index (χ1v) is 10.0. The molecule has 7 nitrogen and oxygen atoms in total. The molecule has 1 aromatic carbocycles. The minimum absolute atomic E-state index is 0.0855. The van der Waals surface area contributed by atoms with Gasteiger partial charge in [-0.2, -0.15) is 0 Å². The maximum absolute atomic E-state index is 13.0. The highest BCUT2D eigenvalue weighted by Gasteiger charge is 2.30. The minimum Gasteiger partial charge on any atom is -0.468 e. The van der Waals surface area contributed by atoms with E-state index in [1.54, 1.807) is 37.4 Å². The molecule has 2 rings (SSSR count). The number of hydrogen-bond acceptors (Lipinski definition) is 7. The molecule has 9 heteroatoms. The van der Waals surface area contributed by atoms with Crippen LogP contribution in [0.1, 0.15) is 22.8 Å². The van der Waals surface area contributed by atoms with Gasteiger partial charge in [-0.1, -0.05) is 12.1 Å². The fourth-order valence-electron chi connectivity index (χ4n) is 2.22. The van der Waals surface area contributed by atoms with Crippen molar-refractivity contribution in [1.82, 2.24) is 0 Å². The molecule has 26 heavy (non-hydrogen) atoms. The van der Waals surface area contributed by atoms with Crippen molar-refractivity contribution in [1.29, 1.82) is 0 Å². The van der Waals surface area contributed by atoms with Crippen LogP contribution >= 0.6 is 11.3 Å². The lowest BCUT2D eigenvalue weighted by atomic mass is 10.1. The van der Waals surface area contributed by atoms with Crippen molar-refractivity contribution < 1.29 is 27.5 Å². The summed E-state index contributed by atoms with van der Waals surface area (Å²) in [7, 11) is -2.81. The van der Waals surface area contributed by atoms with Gasteiger partial charge in [0.2, 0.25) is 0 Å². The maximum Gasteiger partial charge on any atom is 0.338 e. The highest BCUT2D eigenvalue weighted by molar-refractivity contribution is 7.94. The summed E-state index contributed by atoms with van der Waals surface area (Å²) < 4.78 is 36.7. The number of esters is 2. The largest absolute Gasteiger partial charge is 0.468 e. The van der Waals surface area contributed by atoms with E-state index in [-0.39, 0.29) is 22.1 Å². The molecule has 0 aliphatic carbocycles. The number of anilines is 1. The molecule has 0 N–H and O–H groups in total. The average Bonchev–Trinajstić information content (AvgIpc) is 3.15. The maximum atomic E-state index is 13.0. The molecule has 1 heterocycles. The third-order valence-electron chi connectivity index (χ3n) is 3.53. The van der Waals surface area contributed by atoms with E-state index in [2.05, 4.69) is 4.74 Å². The number of thiophene rings is 1. The van der Waals surface area contributed by atoms with Crippen LogP contribution in [0.3, 0.4) is 0 Å². The SMILES string of the molecule is CCOC(=O)c1ccc(C)c(N(CC(=O)OC)S(=O)(=O)c2cccs2)c1. The molecule has 140 valence electrons. The van der Waals surface area contributed by atoms with Crippen molar-refractivity contribution >= 4 is 39.0 Å². The Balaban J connectivity index is 2.57. The number of benzene rings is 1. The Kier molecular flexibility index (Phi) is 6.38. The molecule has 0 amide bonds. The fraction of sp³-hybridized carbons (Fsp3) is 0.294. The number of methoxy groups -OCH3 is 1. The Hall–Kier alpha value is -2.39. The molecule has 0 aliphatic heterocycles. The van der Waals surface area contributed by atoms with Gasteiger partial charge in [-0.25, -0.2) is 13.2 Å². The predicted octanol–water partition coefficient (Wildman–Crippen LogP) is 2.60. The van der Waals surface area contributed by atoms with E-state index < -0.39 is 28.5 Å². The van der Waals surface area contributed by atoms with Gasteiger partial charge in [0.05, 0.1) is 25.0 Å². The van der Waals surface area contributed by atoms with Gasteiger partial charge in [0.1, 0.15) is 10.8 Å². The summed E-state index contributed by atoms with van der Waals surface area (Å²) in [4.78, 5) is 23.8. The van der Waals surface area contributed by atoms with Crippen LogP contribution < -0.4 is 4.31 Å². The summed E-state index contributed by atoms with van der Waals surface area (Å²) in [6, 6.07) is 7.62. The molecular weight excluding hydrogens is 378 g/mol. The van der Waals surface area contributed by atoms with E-state index in [0.717, 1.165) is 15.6 Å². The van der Waals surface area contributed by atoms with E-state index >= 15 is 0 Å². The summed E-state index contributed by atoms with van der Waals surface area (Å²) in [5, 5.41) is 1.63. The van der Waals surface area contributed by atoms with Crippen molar-refractivity contribution in [2.45, 2.75) is 18.1 Å². The highest BCUT2D eigenvalue weighted by Crippen LogP contribution is 2.30. The molecule has 0 atom stereocenters. The Morgan fingerprint density at radius 1 is 1.23 bits per heavy atom. The predicted molar refractivity (Wildman–Crippen MR) is 98.0 cm³/mol. The molecule has 0 aliphatic rings. The zero-order chi connectivity index (χ0) is 19.3. The van der Waals surface area contributed by atoms with Gasteiger partial charge in [-0.15, -0.1) is 11.3 Å². The van der Waals surface area contributed by atoms with Crippen LogP contribution in [0.2, 0.25) is 0 Å². The lowest BCUT2D eigenvalue weighted by molar-refractivity contribution is -0.138. The third kappa shape index (κ3) is 4.23. The van der Waals surface area contributed by atoms with Gasteiger partial charge in [0.15, 0.2) is 0 Å². The molecular formula is C17H19NO6S2. The Morgan fingerprint density at radius 2 is 1.96 bits per heavy atom. The minimum atomic E-state index is -3.99. The molecule has 1 aromatic heterocycles. The summed E-state index contributed by atoms with van der Waals surface area (Å²) >= 11 is 1.04. The number of nitrogens with zero attached hydrogens (tertiary/aromatic N) is 1. The van der Waals surface area contributed by atoms with Crippen LogP contribution in [-0.4, -0.2) is 40.6 Å². The van der Waals surface area contributed by atoms with Crippen molar-refractivity contribution in [2.24, 2.45) is 0 Å². The first-order valence-electron chi connectivity index (χ1n) is 7.72. The van der Waals surface area contributed by atoms with Crippen molar-refractivity contribution in [3.05, 3.63) is 46.8 Å². The van der Waals surface area contributed by atoms with Crippen molar-refractivity contribution in [3.8, 4) is 0 Å². The van der Waals surface area contributed by atoms with Gasteiger partial charge < -0.3 is 9.47 Å². The van der Waals surface area contributed by atoms with E-state index in [0.29, 0.717) is 5.56 Å². The van der Waals surface area contributed by atoms with Crippen LogP contribution in [0.4, 0.5) is 5.69 Å². The lowest BCUT2D eigenvalue weighted by Gasteiger charge is -2.24. The molecule has 0 bridgehead atoms. The van der Waals surface area contributed by atoms with E-state index in [1.807, 2.05) is 0 Å². The quantitative estimate of drug-likeness (QED) is 0.667. The first-order chi connectivity index (χ1) is 12.3. The van der Waals surface area contributed by atoms with Gasteiger partial charge in [0, 0.05) is 0 Å². The van der Waals surface area contributed by atoms with Crippen LogP contribution in [0, 0.1) is 6.92 Å². The van der Waals surface area contributed by atoms with Crippen molar-refractivity contribution in [2.75, 3.05) is 24.6 Å². The smallest absolute Gasteiger partial charge is 0.338 e. The van der Waals surface area contributed by atoms with E-state index in [1.165, 1.54) is 19.2 Å². The van der Waals surface area contributed by atoms with Gasteiger partial charge in [0.25, 0.3) is 10.0 Å². The number of carbonyl (C=O) groups is 2. The second kappa shape index (κ2) is 8.33. The van der Waals surface area contributed by atoms with Crippen LogP contribution in [-0.2, 0) is 24.3 Å². The van der Waals surface area contributed by atoms with Crippen LogP contribution in [0.5, 0.6) is 0 Å². The van der Waals surface area contributed by atoms with Crippen LogP contribution in [0.15, 0.2) is 39.9 Å². The summed E-state index contributed by atoms with van der Waals surface area (Å²) in [6.45, 7) is 3.06. The van der Waals surface area contributed by atoms with Crippen molar-refractivity contribution in [3.63, 3.8) is 0 Å². The highest BCUT2D eigenvalue weighted by atomic mass is 32.2. The summed E-state index contributed by atoms with van der Waals surface area (Å²) in [6.07, 6.45) is 0. The second-order valence-electron chi connectivity index (χ2n) is 5.24. The molecule has 0 radical (unpaired) electrons. The zero-order valence-corrected chi connectivity index (χ0v) is 16.2. The standard InChI is InChI=1S/C17H19NO6S2/c1-4-24-17(20)13-8-7-12(2)14(10-13)18(11-15(19)23-3)26(21,22)16-6-5-9-25-16/h5-10H,4,11H2,1-3H3. The van der Waals surface area contributed by atoms with E-state index in [4.69, 9.17) is 4.74 Å². The number of rotatable bonds is 7. The number of sulfonamides is 1. The molecule has 0 saturated carbocycles. The molecule has 0 spiro atoms. The van der Waals surface area contributed by atoms with Gasteiger partial charge >= 0.3 is 11.9 Å². The van der Waals surface area contributed by atoms with E-state index in [9.17, 15) is 18.0 Å². The normalized spacial score (nSPS) is 11.0. The Bertz CT molecular complexity index is 890. The first kappa shape index (κ1) is 19.9. The number of aryl methyl sites for hydroxylation is 1. The zero-order valence-electron chi connectivity index (χ0n) is 14.6. The monoisotopic (exact) mass is 397 g/mol. The molecule has 0 unspecified atom stereocenters.